The number of carbonyl (C=O) groups is 1. The van der Waals surface area contributed by atoms with Crippen LogP contribution in [-0.4, -0.2) is 18.4 Å². The standard InChI is InChI=1S/C6H6O3/c7-4-2-1-3-6(9)5-8/h1-3H2. The molecule has 0 N–H and O–H groups in total. The van der Waals surface area contributed by atoms with Gasteiger partial charge in [-0.25, -0.2) is 0 Å². The van der Waals surface area contributed by atoms with Gasteiger partial charge in [-0.05, 0) is 6.42 Å². The number of rotatable bonds is 5. The lowest BCUT2D eigenvalue weighted by molar-refractivity contribution is -0.113. The molecule has 3 nitrogen and oxygen atoms in total. The Labute approximate surface area is 53.0 Å². The summed E-state index contributed by atoms with van der Waals surface area (Å²) in [5, 5.41) is 0. The van der Waals surface area contributed by atoms with Crippen molar-refractivity contribution < 1.29 is 14.4 Å². The van der Waals surface area contributed by atoms with Crippen molar-refractivity contribution in [2.24, 2.45) is 0 Å². The summed E-state index contributed by atoms with van der Waals surface area (Å²) >= 11 is 0. The minimum Gasteiger partial charge on any atom is -0.291 e. The Hall–Kier alpha value is -0.990. The van der Waals surface area contributed by atoms with Crippen molar-refractivity contribution in [2.45, 2.75) is 19.3 Å². The second kappa shape index (κ2) is 5.15. The molecule has 0 heterocycles. The number of Topliss-reactive ketones (excluding diaryl/α,β-unsaturated/α-hetero) is 1. The maximum absolute atomic E-state index is 10.1. The monoisotopic (exact) mass is 126 g/mol. The Bertz CT molecular complexity index is 117. The molecule has 48 valence electrons. The average molecular weight is 126 g/mol. The van der Waals surface area contributed by atoms with Crippen molar-refractivity contribution >= 4 is 18.4 Å². The molecule has 2 radical (unpaired) electrons. The number of unbranched alkanes of at least 4 members (excludes halogenated alkanes) is 1. The van der Waals surface area contributed by atoms with Gasteiger partial charge in [0, 0.05) is 12.8 Å². The van der Waals surface area contributed by atoms with Gasteiger partial charge in [-0.2, -0.15) is 0 Å². The SMILES string of the molecule is O=[C]CCCC(=O)[C]=O. The quantitative estimate of drug-likeness (QED) is 0.383. The number of hydrogen-bond donors (Lipinski definition) is 0. The first-order valence-electron chi connectivity index (χ1n) is 2.57. The molecule has 0 spiro atoms. The third-order valence-electron chi connectivity index (χ3n) is 0.797. The van der Waals surface area contributed by atoms with E-state index in [-0.39, 0.29) is 12.8 Å². The molecular weight excluding hydrogens is 120 g/mol. The largest absolute Gasteiger partial charge is 0.291 e. The highest BCUT2D eigenvalue weighted by molar-refractivity contribution is 6.25. The Balaban J connectivity index is 3.16. The molecule has 0 rings (SSSR count). The number of carbonyl (C=O) groups excluding carboxylic acids is 3. The van der Waals surface area contributed by atoms with E-state index in [1.54, 1.807) is 6.29 Å². The van der Waals surface area contributed by atoms with Crippen LogP contribution in [0.3, 0.4) is 0 Å². The second-order valence-electron chi connectivity index (χ2n) is 1.52. The third kappa shape index (κ3) is 4.87. The van der Waals surface area contributed by atoms with E-state index < -0.39 is 5.78 Å². The minimum absolute atomic E-state index is 0.110. The summed E-state index contributed by atoms with van der Waals surface area (Å²) < 4.78 is 0. The van der Waals surface area contributed by atoms with E-state index >= 15 is 0 Å². The summed E-state index contributed by atoms with van der Waals surface area (Å²) in [6.45, 7) is 0. The predicted octanol–water partition coefficient (Wildman–Crippen LogP) is -0.0548. The Morgan fingerprint density at radius 3 is 2.44 bits per heavy atom. The molecule has 0 fully saturated rings. The predicted molar refractivity (Wildman–Crippen MR) is 30.2 cm³/mol. The third-order valence-corrected chi connectivity index (χ3v) is 0.797. The van der Waals surface area contributed by atoms with Crippen molar-refractivity contribution in [3.05, 3.63) is 0 Å². The zero-order chi connectivity index (χ0) is 7.11. The number of ketones is 1. The Morgan fingerprint density at radius 2 is 2.00 bits per heavy atom. The highest BCUT2D eigenvalue weighted by Gasteiger charge is 1.97. The summed E-state index contributed by atoms with van der Waals surface area (Å²) in [6, 6.07) is 0. The molecule has 3 heteroatoms. The van der Waals surface area contributed by atoms with Crippen LogP contribution in [0.4, 0.5) is 0 Å². The van der Waals surface area contributed by atoms with Gasteiger partial charge in [-0.15, -0.1) is 0 Å². The summed E-state index contributed by atoms with van der Waals surface area (Å²) in [7, 11) is 0. The zero-order valence-electron chi connectivity index (χ0n) is 4.85. The van der Waals surface area contributed by atoms with E-state index in [2.05, 4.69) is 0 Å². The molecule has 0 aliphatic heterocycles. The van der Waals surface area contributed by atoms with E-state index in [4.69, 9.17) is 0 Å². The van der Waals surface area contributed by atoms with Crippen molar-refractivity contribution in [1.82, 2.24) is 0 Å². The summed E-state index contributed by atoms with van der Waals surface area (Å²) in [6.07, 6.45) is 3.55. The smallest absolute Gasteiger partial charge is 0.272 e. The van der Waals surface area contributed by atoms with Gasteiger partial charge < -0.3 is 0 Å². The topological polar surface area (TPSA) is 51.2 Å². The maximum Gasteiger partial charge on any atom is 0.272 e. The zero-order valence-corrected chi connectivity index (χ0v) is 4.85. The van der Waals surface area contributed by atoms with Crippen LogP contribution in [0.25, 0.3) is 0 Å². The number of hydrogen-bond acceptors (Lipinski definition) is 3. The molecule has 0 aliphatic carbocycles. The van der Waals surface area contributed by atoms with Crippen LogP contribution < -0.4 is 0 Å². The lowest BCUT2D eigenvalue weighted by Gasteiger charge is -1.84. The van der Waals surface area contributed by atoms with Gasteiger partial charge in [0.05, 0.1) is 0 Å². The maximum atomic E-state index is 10.1. The first-order chi connectivity index (χ1) is 4.31. The van der Waals surface area contributed by atoms with Crippen LogP contribution in [0.1, 0.15) is 19.3 Å². The molecule has 0 saturated carbocycles. The normalized spacial score (nSPS) is 8.44. The van der Waals surface area contributed by atoms with E-state index in [0.717, 1.165) is 0 Å². The summed E-state index contributed by atoms with van der Waals surface area (Å²) in [5.74, 6) is -0.578. The molecule has 0 aromatic carbocycles. The second-order valence-corrected chi connectivity index (χ2v) is 1.52. The molecule has 0 bridgehead atoms. The van der Waals surface area contributed by atoms with Crippen LogP contribution >= 0.6 is 0 Å². The molecule has 0 aromatic heterocycles. The summed E-state index contributed by atoms with van der Waals surface area (Å²) in [5.41, 5.74) is 0. The van der Waals surface area contributed by atoms with Crippen molar-refractivity contribution in [3.63, 3.8) is 0 Å². The van der Waals surface area contributed by atoms with Gasteiger partial charge in [0.2, 0.25) is 5.78 Å². The lowest BCUT2D eigenvalue weighted by atomic mass is 10.2. The molecule has 0 aliphatic rings. The van der Waals surface area contributed by atoms with Gasteiger partial charge in [0.1, 0.15) is 0 Å². The molecule has 0 saturated heterocycles. The molecule has 0 aromatic rings. The lowest BCUT2D eigenvalue weighted by Crippen LogP contribution is -1.97. The molecule has 9 heavy (non-hydrogen) atoms. The Morgan fingerprint density at radius 1 is 1.33 bits per heavy atom. The van der Waals surface area contributed by atoms with E-state index in [0.29, 0.717) is 6.42 Å². The van der Waals surface area contributed by atoms with Gasteiger partial charge in [0.25, 0.3) is 6.29 Å². The van der Waals surface area contributed by atoms with E-state index in [9.17, 15) is 14.4 Å². The van der Waals surface area contributed by atoms with Crippen LogP contribution in [0.15, 0.2) is 0 Å². The molecule has 0 unspecified atom stereocenters. The fraction of sp³-hybridized carbons (Fsp3) is 0.500. The highest BCUT2D eigenvalue weighted by Crippen LogP contribution is 1.90. The minimum atomic E-state index is -0.578. The van der Waals surface area contributed by atoms with Crippen molar-refractivity contribution in [1.29, 1.82) is 0 Å². The van der Waals surface area contributed by atoms with Crippen molar-refractivity contribution in [2.75, 3.05) is 0 Å². The van der Waals surface area contributed by atoms with Gasteiger partial charge in [-0.3, -0.25) is 14.4 Å². The van der Waals surface area contributed by atoms with Crippen LogP contribution in [0.5, 0.6) is 0 Å². The van der Waals surface area contributed by atoms with Crippen LogP contribution in [-0.2, 0) is 14.4 Å². The van der Waals surface area contributed by atoms with Crippen LogP contribution in [0, 0.1) is 0 Å². The highest BCUT2D eigenvalue weighted by atomic mass is 16.2. The van der Waals surface area contributed by atoms with E-state index in [1.165, 1.54) is 6.29 Å². The van der Waals surface area contributed by atoms with Gasteiger partial charge in [0.15, 0.2) is 6.29 Å². The van der Waals surface area contributed by atoms with Gasteiger partial charge in [-0.1, -0.05) is 0 Å². The summed E-state index contributed by atoms with van der Waals surface area (Å²) in [4.78, 5) is 29.2. The van der Waals surface area contributed by atoms with E-state index in [1.807, 2.05) is 0 Å². The van der Waals surface area contributed by atoms with Gasteiger partial charge >= 0.3 is 0 Å². The first kappa shape index (κ1) is 8.01. The average Bonchev–Trinajstić information content (AvgIpc) is 1.89. The van der Waals surface area contributed by atoms with Crippen molar-refractivity contribution in [3.8, 4) is 0 Å². The molecule has 0 amide bonds. The fourth-order valence-corrected chi connectivity index (χ4v) is 0.372. The first-order valence-corrected chi connectivity index (χ1v) is 2.57. The molecular formula is C6H6O3. The fourth-order valence-electron chi connectivity index (χ4n) is 0.372. The van der Waals surface area contributed by atoms with Crippen LogP contribution in [0.2, 0.25) is 0 Å². The molecule has 0 atom stereocenters. The Kier molecular flexibility index (Phi) is 4.59.